The van der Waals surface area contributed by atoms with Crippen molar-refractivity contribution in [3.8, 4) is 0 Å². The maximum absolute atomic E-state index is 12.6. The fourth-order valence-electron chi connectivity index (χ4n) is 2.25. The molecule has 0 radical (unpaired) electrons. The highest BCUT2D eigenvalue weighted by atomic mass is 32.2. The van der Waals surface area contributed by atoms with Gasteiger partial charge in [0.2, 0.25) is 15.7 Å². The maximum atomic E-state index is 12.6. The van der Waals surface area contributed by atoms with Crippen LogP contribution in [0.2, 0.25) is 0 Å². The minimum absolute atomic E-state index is 0.0652. The average molecular weight is 385 g/mol. The number of hydrazone groups is 1. The summed E-state index contributed by atoms with van der Waals surface area (Å²) in [5, 5.41) is 6.86. The molecule has 1 aliphatic rings. The first kappa shape index (κ1) is 18.1. The van der Waals surface area contributed by atoms with E-state index in [1.165, 1.54) is 12.1 Å². The lowest BCUT2D eigenvalue weighted by Gasteiger charge is -2.13. The molecule has 0 saturated heterocycles. The molecule has 1 aliphatic heterocycles. The summed E-state index contributed by atoms with van der Waals surface area (Å²) in [4.78, 5) is 0. The summed E-state index contributed by atoms with van der Waals surface area (Å²) in [6.07, 6.45) is -3.40. The van der Waals surface area contributed by atoms with E-state index >= 15 is 0 Å². The van der Waals surface area contributed by atoms with Gasteiger partial charge in [-0.3, -0.25) is 5.43 Å². The van der Waals surface area contributed by atoms with E-state index in [9.17, 15) is 21.6 Å². The molecule has 6 nitrogen and oxygen atoms in total. The fourth-order valence-corrected chi connectivity index (χ4v) is 2.76. The third-order valence-electron chi connectivity index (χ3n) is 3.53. The van der Waals surface area contributed by atoms with Gasteiger partial charge in [0.15, 0.2) is 0 Å². The van der Waals surface area contributed by atoms with Crippen molar-refractivity contribution in [2.75, 3.05) is 11.6 Å². The van der Waals surface area contributed by atoms with Crippen molar-refractivity contribution in [3.63, 3.8) is 0 Å². The molecule has 0 aromatic heterocycles. The zero-order chi connectivity index (χ0) is 18.9. The lowest BCUT2D eigenvalue weighted by atomic mass is 10.1. The highest BCUT2D eigenvalue weighted by Crippen LogP contribution is 2.31. The van der Waals surface area contributed by atoms with Crippen LogP contribution in [-0.2, 0) is 20.8 Å². The van der Waals surface area contributed by atoms with E-state index in [4.69, 9.17) is 4.74 Å². The second-order valence-electron chi connectivity index (χ2n) is 5.57. The molecule has 0 saturated carbocycles. The van der Waals surface area contributed by atoms with Crippen LogP contribution in [0, 0.1) is 0 Å². The van der Waals surface area contributed by atoms with Gasteiger partial charge in [0.05, 0.1) is 16.8 Å². The molecule has 2 aromatic carbocycles. The van der Waals surface area contributed by atoms with Crippen LogP contribution in [0.4, 0.5) is 24.5 Å². The Bertz CT molecular complexity index is 941. The van der Waals surface area contributed by atoms with E-state index in [2.05, 4.69) is 15.8 Å². The van der Waals surface area contributed by atoms with E-state index in [0.717, 1.165) is 18.4 Å². The van der Waals surface area contributed by atoms with Crippen LogP contribution < -0.4 is 10.7 Å². The van der Waals surface area contributed by atoms with Crippen LogP contribution >= 0.6 is 0 Å². The van der Waals surface area contributed by atoms with Gasteiger partial charge >= 0.3 is 6.18 Å². The lowest BCUT2D eigenvalue weighted by molar-refractivity contribution is -0.137. The van der Waals surface area contributed by atoms with Gasteiger partial charge in [-0.25, -0.2) is 8.42 Å². The third-order valence-corrected chi connectivity index (χ3v) is 4.51. The quantitative estimate of drug-likeness (QED) is 0.846. The molecular formula is C16H14F3N3O3S. The van der Waals surface area contributed by atoms with Gasteiger partial charge < -0.3 is 10.1 Å². The van der Waals surface area contributed by atoms with E-state index < -0.39 is 27.1 Å². The first-order chi connectivity index (χ1) is 12.1. The van der Waals surface area contributed by atoms with Crippen molar-refractivity contribution in [3.05, 3.63) is 59.7 Å². The number of rotatable bonds is 4. The number of nitrogens with one attached hydrogen (secondary N) is 2. The van der Waals surface area contributed by atoms with Gasteiger partial charge in [-0.15, -0.1) is 5.10 Å². The molecular weight excluding hydrogens is 371 g/mol. The Labute approximate surface area is 147 Å². The predicted octanol–water partition coefficient (Wildman–Crippen LogP) is 3.06. The number of sulfone groups is 1. The minimum atomic E-state index is -4.41. The Morgan fingerprint density at radius 2 is 1.77 bits per heavy atom. The molecule has 138 valence electrons. The summed E-state index contributed by atoms with van der Waals surface area (Å²) >= 11 is 0. The zero-order valence-corrected chi connectivity index (χ0v) is 14.2. The number of benzene rings is 2. The Morgan fingerprint density at radius 1 is 1.12 bits per heavy atom. The summed E-state index contributed by atoms with van der Waals surface area (Å²) in [5.74, 6) is 0.0652. The number of anilines is 2. The standard InChI is InChI=1S/C16H14F3N3O3S/c1-26(23,24)15-22-21-14(25-15)12-4-2-3-5-13(12)20-11-8-6-10(7-9-11)16(17,18)19/h2-9,15,20,22H,1H3. The Morgan fingerprint density at radius 3 is 2.35 bits per heavy atom. The zero-order valence-electron chi connectivity index (χ0n) is 13.4. The Hall–Kier alpha value is -2.75. The smallest absolute Gasteiger partial charge is 0.416 e. The molecule has 2 aromatic rings. The summed E-state index contributed by atoms with van der Waals surface area (Å²) < 4.78 is 66.3. The van der Waals surface area contributed by atoms with Gasteiger partial charge in [0, 0.05) is 11.9 Å². The first-order valence-electron chi connectivity index (χ1n) is 7.37. The van der Waals surface area contributed by atoms with Gasteiger partial charge in [-0.05, 0) is 36.4 Å². The largest absolute Gasteiger partial charge is 0.436 e. The van der Waals surface area contributed by atoms with Crippen molar-refractivity contribution < 1.29 is 26.3 Å². The molecule has 1 atom stereocenters. The average Bonchev–Trinajstić information content (AvgIpc) is 3.05. The van der Waals surface area contributed by atoms with Crippen LogP contribution in [0.15, 0.2) is 53.6 Å². The predicted molar refractivity (Wildman–Crippen MR) is 90.6 cm³/mol. The molecule has 2 N–H and O–H groups in total. The highest BCUT2D eigenvalue weighted by molar-refractivity contribution is 7.91. The van der Waals surface area contributed by atoms with E-state index in [0.29, 0.717) is 16.9 Å². The molecule has 0 bridgehead atoms. The topological polar surface area (TPSA) is 79.8 Å². The van der Waals surface area contributed by atoms with Crippen LogP contribution in [-0.4, -0.2) is 26.1 Å². The van der Waals surface area contributed by atoms with E-state index in [1.54, 1.807) is 24.3 Å². The van der Waals surface area contributed by atoms with Crippen molar-refractivity contribution in [2.24, 2.45) is 5.10 Å². The normalized spacial score (nSPS) is 17.2. The van der Waals surface area contributed by atoms with Crippen LogP contribution in [0.1, 0.15) is 11.1 Å². The number of hydrogen-bond acceptors (Lipinski definition) is 6. The maximum Gasteiger partial charge on any atom is 0.416 e. The number of ether oxygens (including phenoxy) is 1. The van der Waals surface area contributed by atoms with Crippen LogP contribution in [0.5, 0.6) is 0 Å². The molecule has 10 heteroatoms. The van der Waals surface area contributed by atoms with Gasteiger partial charge in [-0.2, -0.15) is 13.2 Å². The van der Waals surface area contributed by atoms with Crippen molar-refractivity contribution in [2.45, 2.75) is 11.7 Å². The van der Waals surface area contributed by atoms with Crippen LogP contribution in [0.25, 0.3) is 0 Å². The van der Waals surface area contributed by atoms with Crippen molar-refractivity contribution in [1.82, 2.24) is 5.43 Å². The highest BCUT2D eigenvalue weighted by Gasteiger charge is 2.31. The Balaban J connectivity index is 1.83. The molecule has 0 aliphatic carbocycles. The number of alkyl halides is 3. The third kappa shape index (κ3) is 3.90. The van der Waals surface area contributed by atoms with Crippen LogP contribution in [0.3, 0.4) is 0 Å². The summed E-state index contributed by atoms with van der Waals surface area (Å²) in [5.41, 5.74) is 1.75. The Kier molecular flexibility index (Phi) is 4.53. The van der Waals surface area contributed by atoms with E-state index in [-0.39, 0.29) is 5.90 Å². The second-order valence-corrected chi connectivity index (χ2v) is 7.66. The van der Waals surface area contributed by atoms with Crippen molar-refractivity contribution in [1.29, 1.82) is 0 Å². The molecule has 26 heavy (non-hydrogen) atoms. The first-order valence-corrected chi connectivity index (χ1v) is 9.32. The minimum Gasteiger partial charge on any atom is -0.436 e. The number of nitrogens with zero attached hydrogens (tertiary/aromatic N) is 1. The van der Waals surface area contributed by atoms with E-state index in [1.807, 2.05) is 0 Å². The molecule has 3 rings (SSSR count). The molecule has 1 heterocycles. The summed E-state index contributed by atoms with van der Waals surface area (Å²) in [6, 6.07) is 11.3. The number of para-hydroxylation sites is 1. The fraction of sp³-hybridized carbons (Fsp3) is 0.188. The molecule has 0 spiro atoms. The number of hydrogen-bond donors (Lipinski definition) is 2. The number of halogens is 3. The van der Waals surface area contributed by atoms with Gasteiger partial charge in [-0.1, -0.05) is 12.1 Å². The summed E-state index contributed by atoms with van der Waals surface area (Å²) in [6.45, 7) is 0. The monoisotopic (exact) mass is 385 g/mol. The molecule has 0 amide bonds. The SMILES string of the molecule is CS(=O)(=O)C1NN=C(c2ccccc2Nc2ccc(C(F)(F)F)cc2)O1. The second kappa shape index (κ2) is 6.52. The van der Waals surface area contributed by atoms with Gasteiger partial charge in [0.1, 0.15) is 0 Å². The van der Waals surface area contributed by atoms with Gasteiger partial charge in [0.25, 0.3) is 5.56 Å². The lowest BCUT2D eigenvalue weighted by Crippen LogP contribution is -2.30. The molecule has 1 unspecified atom stereocenters. The molecule has 0 fully saturated rings. The van der Waals surface area contributed by atoms with Crippen molar-refractivity contribution >= 4 is 27.1 Å². The summed E-state index contributed by atoms with van der Waals surface area (Å²) in [7, 11) is -3.51.